The number of hydrogen-bond donors (Lipinski definition) is 1. The molecule has 1 heterocycles. The van der Waals surface area contributed by atoms with E-state index in [9.17, 15) is 0 Å². The van der Waals surface area contributed by atoms with Gasteiger partial charge in [-0.05, 0) is 54.4 Å². The van der Waals surface area contributed by atoms with Crippen LogP contribution in [0.2, 0.25) is 0 Å². The topological polar surface area (TPSA) is 34.1 Å². The number of nitrogens with zero attached hydrogens (tertiary/aromatic N) is 1. The van der Waals surface area contributed by atoms with Crippen molar-refractivity contribution in [2.45, 2.75) is 39.5 Å². The van der Waals surface area contributed by atoms with E-state index in [2.05, 4.69) is 59.1 Å². The first-order valence-corrected chi connectivity index (χ1v) is 8.16. The van der Waals surface area contributed by atoms with Crippen LogP contribution >= 0.6 is 27.3 Å². The van der Waals surface area contributed by atoms with Crippen molar-refractivity contribution in [3.05, 3.63) is 44.8 Å². The van der Waals surface area contributed by atoms with Crippen molar-refractivity contribution in [3.8, 4) is 5.75 Å². The minimum Gasteiger partial charge on any atom is -0.485 e. The molecule has 0 saturated carbocycles. The normalized spacial score (nSPS) is 11.6. The summed E-state index contributed by atoms with van der Waals surface area (Å²) in [5, 5.41) is 6.40. The number of benzene rings is 1. The lowest BCUT2D eigenvalue weighted by Crippen LogP contribution is -2.35. The Balaban J connectivity index is 1.95. The van der Waals surface area contributed by atoms with Crippen LogP contribution in [-0.2, 0) is 13.2 Å². The maximum absolute atomic E-state index is 5.76. The van der Waals surface area contributed by atoms with Crippen molar-refractivity contribution in [2.75, 3.05) is 0 Å². The van der Waals surface area contributed by atoms with Gasteiger partial charge in [0.2, 0.25) is 0 Å². The summed E-state index contributed by atoms with van der Waals surface area (Å²) in [5.74, 6) is 0.847. The van der Waals surface area contributed by atoms with Gasteiger partial charge in [0.25, 0.3) is 0 Å². The van der Waals surface area contributed by atoms with Crippen LogP contribution in [-0.4, -0.2) is 10.5 Å². The van der Waals surface area contributed by atoms with Gasteiger partial charge in [0.05, 0.1) is 4.47 Å². The van der Waals surface area contributed by atoms with Crippen LogP contribution in [0.5, 0.6) is 5.75 Å². The zero-order chi connectivity index (χ0) is 14.6. The molecule has 2 rings (SSSR count). The Bertz CT molecular complexity index is 549. The molecule has 0 radical (unpaired) electrons. The Morgan fingerprint density at radius 3 is 2.75 bits per heavy atom. The third kappa shape index (κ3) is 4.89. The molecule has 0 aliphatic rings. The Morgan fingerprint density at radius 2 is 2.15 bits per heavy atom. The van der Waals surface area contributed by atoms with Crippen molar-refractivity contribution in [3.63, 3.8) is 0 Å². The number of aromatic nitrogens is 1. The molecule has 5 heteroatoms. The van der Waals surface area contributed by atoms with E-state index in [4.69, 9.17) is 4.74 Å². The third-order valence-corrected chi connectivity index (χ3v) is 4.03. The second-order valence-corrected chi connectivity index (χ2v) is 7.42. The van der Waals surface area contributed by atoms with E-state index < -0.39 is 0 Å². The lowest BCUT2D eigenvalue weighted by atomic mass is 10.1. The van der Waals surface area contributed by atoms with Crippen molar-refractivity contribution in [1.29, 1.82) is 0 Å². The van der Waals surface area contributed by atoms with Crippen molar-refractivity contribution in [1.82, 2.24) is 10.3 Å². The second kappa shape index (κ2) is 6.70. The average Bonchev–Trinajstić information content (AvgIpc) is 2.87. The van der Waals surface area contributed by atoms with Gasteiger partial charge in [0, 0.05) is 23.7 Å². The lowest BCUT2D eigenvalue weighted by molar-refractivity contribution is 0.303. The molecule has 3 nitrogen and oxygen atoms in total. The molecule has 20 heavy (non-hydrogen) atoms. The summed E-state index contributed by atoms with van der Waals surface area (Å²) in [7, 11) is 0. The molecule has 0 spiro atoms. The molecule has 108 valence electrons. The van der Waals surface area contributed by atoms with Crippen LogP contribution in [0, 0.1) is 0 Å². The number of ether oxygens (including phenoxy) is 1. The molecular formula is C15H19BrN2OS. The van der Waals surface area contributed by atoms with Gasteiger partial charge < -0.3 is 10.1 Å². The minimum absolute atomic E-state index is 0.118. The van der Waals surface area contributed by atoms with E-state index in [0.29, 0.717) is 6.61 Å². The number of thiazole rings is 1. The monoisotopic (exact) mass is 354 g/mol. The maximum Gasteiger partial charge on any atom is 0.140 e. The van der Waals surface area contributed by atoms with E-state index in [1.54, 1.807) is 17.5 Å². The number of nitrogens with one attached hydrogen (secondary N) is 1. The van der Waals surface area contributed by atoms with Gasteiger partial charge in [-0.25, -0.2) is 4.98 Å². The van der Waals surface area contributed by atoms with Gasteiger partial charge in [0.1, 0.15) is 17.4 Å². The van der Waals surface area contributed by atoms with Gasteiger partial charge in [-0.2, -0.15) is 0 Å². The second-order valence-electron chi connectivity index (χ2n) is 5.58. The molecule has 0 bridgehead atoms. The maximum atomic E-state index is 5.76. The van der Waals surface area contributed by atoms with Gasteiger partial charge in [-0.15, -0.1) is 11.3 Å². The van der Waals surface area contributed by atoms with E-state index in [0.717, 1.165) is 21.8 Å². The smallest absolute Gasteiger partial charge is 0.140 e. The fourth-order valence-electron chi connectivity index (χ4n) is 1.60. The molecule has 0 atom stereocenters. The molecular weight excluding hydrogens is 336 g/mol. The molecule has 0 amide bonds. The highest BCUT2D eigenvalue weighted by molar-refractivity contribution is 9.10. The number of hydrogen-bond acceptors (Lipinski definition) is 4. The Labute approximate surface area is 132 Å². The summed E-state index contributed by atoms with van der Waals surface area (Å²) in [6.45, 7) is 7.83. The van der Waals surface area contributed by atoms with E-state index in [-0.39, 0.29) is 5.54 Å². The van der Waals surface area contributed by atoms with Crippen molar-refractivity contribution < 1.29 is 4.74 Å². The largest absolute Gasteiger partial charge is 0.485 e. The predicted octanol–water partition coefficient (Wildman–Crippen LogP) is 4.37. The molecule has 0 aliphatic heterocycles. The number of halogens is 1. The Hall–Kier alpha value is -0.910. The van der Waals surface area contributed by atoms with Crippen LogP contribution in [0.25, 0.3) is 0 Å². The molecule has 1 aromatic carbocycles. The molecule has 1 N–H and O–H groups in total. The fourth-order valence-corrected chi connectivity index (χ4v) is 2.67. The zero-order valence-electron chi connectivity index (χ0n) is 11.9. The Kier molecular flexibility index (Phi) is 5.18. The number of rotatable bonds is 5. The predicted molar refractivity (Wildman–Crippen MR) is 87.2 cm³/mol. The molecule has 0 unspecified atom stereocenters. The SMILES string of the molecule is CC(C)(C)NCc1ccc(OCc2nccs2)c(Br)c1. The van der Waals surface area contributed by atoms with Gasteiger partial charge >= 0.3 is 0 Å². The summed E-state index contributed by atoms with van der Waals surface area (Å²) >= 11 is 5.16. The summed E-state index contributed by atoms with van der Waals surface area (Å²) in [5.41, 5.74) is 1.35. The first-order valence-electron chi connectivity index (χ1n) is 6.49. The molecule has 0 aliphatic carbocycles. The van der Waals surface area contributed by atoms with Crippen LogP contribution in [0.15, 0.2) is 34.2 Å². The fraction of sp³-hybridized carbons (Fsp3) is 0.400. The summed E-state index contributed by atoms with van der Waals surface area (Å²) in [6.07, 6.45) is 1.79. The first kappa shape index (κ1) is 15.5. The highest BCUT2D eigenvalue weighted by atomic mass is 79.9. The summed E-state index contributed by atoms with van der Waals surface area (Å²) in [6, 6.07) is 6.17. The van der Waals surface area contributed by atoms with Crippen LogP contribution in [0.1, 0.15) is 31.3 Å². The summed E-state index contributed by atoms with van der Waals surface area (Å²) in [4.78, 5) is 4.20. The van der Waals surface area contributed by atoms with Gasteiger partial charge in [0.15, 0.2) is 0 Å². The van der Waals surface area contributed by atoms with E-state index in [1.807, 2.05) is 11.4 Å². The summed E-state index contributed by atoms with van der Waals surface area (Å²) < 4.78 is 6.74. The van der Waals surface area contributed by atoms with E-state index >= 15 is 0 Å². The van der Waals surface area contributed by atoms with Crippen LogP contribution in [0.4, 0.5) is 0 Å². The highest BCUT2D eigenvalue weighted by Crippen LogP contribution is 2.27. The molecule has 1 aromatic heterocycles. The highest BCUT2D eigenvalue weighted by Gasteiger charge is 2.09. The molecule has 0 fully saturated rings. The zero-order valence-corrected chi connectivity index (χ0v) is 14.3. The van der Waals surface area contributed by atoms with Gasteiger partial charge in [-0.1, -0.05) is 6.07 Å². The van der Waals surface area contributed by atoms with Gasteiger partial charge in [-0.3, -0.25) is 0 Å². The quantitative estimate of drug-likeness (QED) is 0.865. The average molecular weight is 355 g/mol. The van der Waals surface area contributed by atoms with Crippen molar-refractivity contribution in [2.24, 2.45) is 0 Å². The lowest BCUT2D eigenvalue weighted by Gasteiger charge is -2.20. The van der Waals surface area contributed by atoms with E-state index in [1.165, 1.54) is 5.56 Å². The Morgan fingerprint density at radius 1 is 1.35 bits per heavy atom. The van der Waals surface area contributed by atoms with Crippen molar-refractivity contribution >= 4 is 27.3 Å². The standard InChI is InChI=1S/C15H19BrN2OS/c1-15(2,3)18-9-11-4-5-13(12(16)8-11)19-10-14-17-6-7-20-14/h4-8,18H,9-10H2,1-3H3. The minimum atomic E-state index is 0.118. The molecule has 2 aromatic rings. The van der Waals surface area contributed by atoms with Crippen LogP contribution < -0.4 is 10.1 Å². The molecule has 0 saturated heterocycles. The third-order valence-electron chi connectivity index (χ3n) is 2.65. The van der Waals surface area contributed by atoms with Crippen LogP contribution in [0.3, 0.4) is 0 Å². The first-order chi connectivity index (χ1) is 9.44.